The number of carboxylic acid groups (broad SMARTS) is 2. The van der Waals surface area contributed by atoms with E-state index in [4.69, 9.17) is 21.8 Å². The van der Waals surface area contributed by atoms with Crippen LogP contribution < -0.4 is 5.32 Å². The molecule has 0 aliphatic carbocycles. The molecule has 1 rings (SSSR count). The second-order valence-electron chi connectivity index (χ2n) is 3.44. The molecule has 96 valence electrons. The van der Waals surface area contributed by atoms with Crippen LogP contribution in [0.25, 0.3) is 0 Å². The van der Waals surface area contributed by atoms with E-state index in [2.05, 4.69) is 5.32 Å². The Bertz CT molecular complexity index is 488. The van der Waals surface area contributed by atoms with Crippen molar-refractivity contribution in [1.29, 1.82) is 0 Å². The van der Waals surface area contributed by atoms with E-state index >= 15 is 0 Å². The standard InChI is InChI=1S/C11H10ClNO5/c12-7-4-2-1-3-6(7)10(16)13-8(11(17)18)5-9(14)15/h1-4,8H,5H2,(H,13,16)(H,14,15)(H,17,18)/t8-/m1/s1. The van der Waals surface area contributed by atoms with Gasteiger partial charge in [0.1, 0.15) is 6.04 Å². The highest BCUT2D eigenvalue weighted by molar-refractivity contribution is 6.33. The smallest absolute Gasteiger partial charge is 0.326 e. The molecule has 6 nitrogen and oxygen atoms in total. The maximum absolute atomic E-state index is 11.7. The van der Waals surface area contributed by atoms with Crippen LogP contribution in [-0.2, 0) is 9.59 Å². The molecule has 1 amide bonds. The molecule has 7 heteroatoms. The minimum absolute atomic E-state index is 0.0933. The van der Waals surface area contributed by atoms with E-state index in [1.807, 2.05) is 0 Å². The first-order valence-corrected chi connectivity index (χ1v) is 5.29. The summed E-state index contributed by atoms with van der Waals surface area (Å²) in [5, 5.41) is 19.6. The zero-order valence-electron chi connectivity index (χ0n) is 9.09. The predicted molar refractivity (Wildman–Crippen MR) is 62.6 cm³/mol. The lowest BCUT2D eigenvalue weighted by Crippen LogP contribution is -2.42. The molecule has 0 bridgehead atoms. The fourth-order valence-electron chi connectivity index (χ4n) is 1.26. The topological polar surface area (TPSA) is 104 Å². The first-order chi connectivity index (χ1) is 8.41. The molecule has 0 saturated heterocycles. The number of rotatable bonds is 5. The highest BCUT2D eigenvalue weighted by Crippen LogP contribution is 2.14. The molecule has 0 heterocycles. The molecule has 1 aromatic rings. The Morgan fingerprint density at radius 3 is 2.33 bits per heavy atom. The normalized spacial score (nSPS) is 11.6. The summed E-state index contributed by atoms with van der Waals surface area (Å²) in [7, 11) is 0. The van der Waals surface area contributed by atoms with Gasteiger partial charge < -0.3 is 15.5 Å². The Balaban J connectivity index is 2.82. The molecule has 1 atom stereocenters. The molecule has 0 fully saturated rings. The zero-order chi connectivity index (χ0) is 13.7. The van der Waals surface area contributed by atoms with Gasteiger partial charge in [0.15, 0.2) is 0 Å². The quantitative estimate of drug-likeness (QED) is 0.741. The van der Waals surface area contributed by atoms with Gasteiger partial charge in [0.25, 0.3) is 5.91 Å². The summed E-state index contributed by atoms with van der Waals surface area (Å²) in [5.41, 5.74) is 0.0933. The number of nitrogens with one attached hydrogen (secondary N) is 1. The average Bonchev–Trinajstić information content (AvgIpc) is 2.27. The highest BCUT2D eigenvalue weighted by atomic mass is 35.5. The van der Waals surface area contributed by atoms with Gasteiger partial charge in [-0.1, -0.05) is 23.7 Å². The van der Waals surface area contributed by atoms with Gasteiger partial charge in [0.05, 0.1) is 17.0 Å². The van der Waals surface area contributed by atoms with Gasteiger partial charge >= 0.3 is 11.9 Å². The summed E-state index contributed by atoms with van der Waals surface area (Å²) >= 11 is 5.76. The predicted octanol–water partition coefficient (Wildman–Crippen LogP) is 0.998. The second-order valence-corrected chi connectivity index (χ2v) is 3.85. The zero-order valence-corrected chi connectivity index (χ0v) is 9.85. The SMILES string of the molecule is O=C(O)C[C@@H](NC(=O)c1ccccc1Cl)C(=O)O. The molecule has 0 unspecified atom stereocenters. The Labute approximate surface area is 107 Å². The lowest BCUT2D eigenvalue weighted by Gasteiger charge is -2.12. The summed E-state index contributed by atoms with van der Waals surface area (Å²) in [4.78, 5) is 32.9. The number of hydrogen-bond donors (Lipinski definition) is 3. The average molecular weight is 272 g/mol. The molecule has 0 aromatic heterocycles. The first kappa shape index (κ1) is 14.0. The molecule has 0 radical (unpaired) electrons. The third-order valence-corrected chi connectivity index (χ3v) is 2.43. The van der Waals surface area contributed by atoms with Crippen LogP contribution in [0.2, 0.25) is 5.02 Å². The molecule has 1 aromatic carbocycles. The van der Waals surface area contributed by atoms with Crippen LogP contribution in [0.4, 0.5) is 0 Å². The number of carbonyl (C=O) groups excluding carboxylic acids is 1. The van der Waals surface area contributed by atoms with Crippen LogP contribution >= 0.6 is 11.6 Å². The number of amides is 1. The highest BCUT2D eigenvalue weighted by Gasteiger charge is 2.24. The van der Waals surface area contributed by atoms with Crippen molar-refractivity contribution in [2.75, 3.05) is 0 Å². The summed E-state index contributed by atoms with van der Waals surface area (Å²) < 4.78 is 0. The molecular formula is C11H10ClNO5. The van der Waals surface area contributed by atoms with E-state index in [1.54, 1.807) is 12.1 Å². The van der Waals surface area contributed by atoms with Crippen molar-refractivity contribution in [3.8, 4) is 0 Å². The van der Waals surface area contributed by atoms with E-state index < -0.39 is 30.3 Å². The van der Waals surface area contributed by atoms with Gasteiger partial charge in [-0.25, -0.2) is 4.79 Å². The minimum Gasteiger partial charge on any atom is -0.481 e. The van der Waals surface area contributed by atoms with Crippen molar-refractivity contribution in [2.45, 2.75) is 12.5 Å². The molecule has 0 aliphatic heterocycles. The summed E-state index contributed by atoms with van der Waals surface area (Å²) in [5.74, 6) is -3.46. The van der Waals surface area contributed by atoms with Crippen molar-refractivity contribution < 1.29 is 24.6 Å². The van der Waals surface area contributed by atoms with Crippen molar-refractivity contribution in [3.05, 3.63) is 34.9 Å². The lowest BCUT2D eigenvalue weighted by molar-refractivity contribution is -0.145. The van der Waals surface area contributed by atoms with Crippen molar-refractivity contribution in [1.82, 2.24) is 5.32 Å². The molecular weight excluding hydrogens is 262 g/mol. The third-order valence-electron chi connectivity index (χ3n) is 2.10. The molecule has 3 N–H and O–H groups in total. The third kappa shape index (κ3) is 3.74. The fourth-order valence-corrected chi connectivity index (χ4v) is 1.48. The lowest BCUT2D eigenvalue weighted by atomic mass is 10.1. The Morgan fingerprint density at radius 2 is 1.83 bits per heavy atom. The Kier molecular flexibility index (Phi) is 4.67. The Morgan fingerprint density at radius 1 is 1.22 bits per heavy atom. The Hall–Kier alpha value is -2.08. The van der Waals surface area contributed by atoms with Crippen LogP contribution in [0.1, 0.15) is 16.8 Å². The number of benzene rings is 1. The van der Waals surface area contributed by atoms with Crippen molar-refractivity contribution >= 4 is 29.4 Å². The van der Waals surface area contributed by atoms with E-state index in [9.17, 15) is 14.4 Å². The van der Waals surface area contributed by atoms with Crippen molar-refractivity contribution in [3.63, 3.8) is 0 Å². The van der Waals surface area contributed by atoms with Crippen LogP contribution in [0, 0.1) is 0 Å². The minimum atomic E-state index is -1.49. The van der Waals surface area contributed by atoms with Crippen LogP contribution in [-0.4, -0.2) is 34.1 Å². The van der Waals surface area contributed by atoms with E-state index in [0.717, 1.165) is 0 Å². The molecule has 0 aliphatic rings. The summed E-state index contributed by atoms with van der Waals surface area (Å²) in [6.07, 6.45) is -0.703. The summed E-state index contributed by atoms with van der Waals surface area (Å²) in [6.45, 7) is 0. The van der Waals surface area contributed by atoms with Gasteiger partial charge in [-0.05, 0) is 12.1 Å². The van der Waals surface area contributed by atoms with Gasteiger partial charge in [0, 0.05) is 0 Å². The number of halogens is 1. The van der Waals surface area contributed by atoms with E-state index in [1.165, 1.54) is 12.1 Å². The van der Waals surface area contributed by atoms with Crippen LogP contribution in [0.5, 0.6) is 0 Å². The molecule has 0 spiro atoms. The van der Waals surface area contributed by atoms with Gasteiger partial charge in [-0.3, -0.25) is 9.59 Å². The van der Waals surface area contributed by atoms with Crippen molar-refractivity contribution in [2.24, 2.45) is 0 Å². The van der Waals surface area contributed by atoms with Gasteiger partial charge in [0.2, 0.25) is 0 Å². The van der Waals surface area contributed by atoms with E-state index in [0.29, 0.717) is 0 Å². The maximum Gasteiger partial charge on any atom is 0.326 e. The van der Waals surface area contributed by atoms with E-state index in [-0.39, 0.29) is 10.6 Å². The number of hydrogen-bond acceptors (Lipinski definition) is 3. The van der Waals surface area contributed by atoms with Crippen LogP contribution in [0.3, 0.4) is 0 Å². The number of carboxylic acids is 2. The maximum atomic E-state index is 11.7. The monoisotopic (exact) mass is 271 g/mol. The first-order valence-electron chi connectivity index (χ1n) is 4.92. The molecule has 0 saturated carbocycles. The number of carbonyl (C=O) groups is 3. The number of aliphatic carboxylic acids is 2. The van der Waals surface area contributed by atoms with Gasteiger partial charge in [-0.2, -0.15) is 0 Å². The molecule has 18 heavy (non-hydrogen) atoms. The summed E-state index contributed by atoms with van der Waals surface area (Å²) in [6, 6.07) is 4.57. The largest absolute Gasteiger partial charge is 0.481 e. The second kappa shape index (κ2) is 6.02. The van der Waals surface area contributed by atoms with Crippen LogP contribution in [0.15, 0.2) is 24.3 Å². The fraction of sp³-hybridized carbons (Fsp3) is 0.182. The van der Waals surface area contributed by atoms with Gasteiger partial charge in [-0.15, -0.1) is 0 Å².